The molecule has 0 saturated heterocycles. The molecule has 0 radical (unpaired) electrons. The van der Waals surface area contributed by atoms with Crippen LogP contribution in [-0.4, -0.2) is 45.9 Å². The second-order valence-corrected chi connectivity index (χ2v) is 8.73. The fraction of sp³-hybridized carbons (Fsp3) is 0.240. The van der Waals surface area contributed by atoms with Gasteiger partial charge in [-0.05, 0) is 48.7 Å². The van der Waals surface area contributed by atoms with Gasteiger partial charge in [0, 0.05) is 38.4 Å². The van der Waals surface area contributed by atoms with Gasteiger partial charge in [0.25, 0.3) is 11.8 Å². The molecule has 164 valence electrons. The van der Waals surface area contributed by atoms with E-state index >= 15 is 0 Å². The van der Waals surface area contributed by atoms with E-state index in [-0.39, 0.29) is 17.9 Å². The summed E-state index contributed by atoms with van der Waals surface area (Å²) in [4.78, 5) is 31.8. The number of carbonyl (C=O) groups excluding carboxylic acids is 2. The molecule has 1 atom stereocenters. The van der Waals surface area contributed by atoms with Gasteiger partial charge in [0.2, 0.25) is 0 Å². The Hall–Kier alpha value is -3.45. The SMILES string of the molecule is CN(C(=O)c1ccc2ncsc2c1)C(CCNC(=O)c1cccn1C)Cc1ccccc1. The lowest BCUT2D eigenvalue weighted by atomic mass is 10.0. The molecule has 7 heteroatoms. The Kier molecular flexibility index (Phi) is 6.66. The maximum atomic E-state index is 13.3. The summed E-state index contributed by atoms with van der Waals surface area (Å²) in [6, 6.07) is 19.3. The zero-order chi connectivity index (χ0) is 22.5. The van der Waals surface area contributed by atoms with Gasteiger partial charge in [0.05, 0.1) is 15.7 Å². The lowest BCUT2D eigenvalue weighted by Gasteiger charge is -2.29. The Bertz CT molecular complexity index is 1210. The molecular weight excluding hydrogens is 420 g/mol. The maximum absolute atomic E-state index is 13.3. The van der Waals surface area contributed by atoms with Gasteiger partial charge in [-0.3, -0.25) is 9.59 Å². The molecule has 4 aromatic rings. The van der Waals surface area contributed by atoms with Gasteiger partial charge in [0.15, 0.2) is 0 Å². The second kappa shape index (κ2) is 9.78. The molecule has 0 aliphatic carbocycles. The van der Waals surface area contributed by atoms with Gasteiger partial charge >= 0.3 is 0 Å². The van der Waals surface area contributed by atoms with Crippen LogP contribution in [0.15, 0.2) is 72.4 Å². The Morgan fingerprint density at radius 3 is 2.69 bits per heavy atom. The van der Waals surface area contributed by atoms with E-state index in [1.54, 1.807) is 21.0 Å². The highest BCUT2D eigenvalue weighted by molar-refractivity contribution is 7.16. The topological polar surface area (TPSA) is 67.2 Å². The lowest BCUT2D eigenvalue weighted by molar-refractivity contribution is 0.0723. The number of carbonyl (C=O) groups is 2. The summed E-state index contributed by atoms with van der Waals surface area (Å²) in [6.45, 7) is 0.479. The number of amides is 2. The molecule has 32 heavy (non-hydrogen) atoms. The molecule has 0 fully saturated rings. The summed E-state index contributed by atoms with van der Waals surface area (Å²) in [5, 5.41) is 2.99. The first-order chi connectivity index (χ1) is 15.5. The van der Waals surface area contributed by atoms with Crippen LogP contribution in [0.1, 0.15) is 32.8 Å². The zero-order valence-corrected chi connectivity index (χ0v) is 19.0. The minimum atomic E-state index is -0.111. The van der Waals surface area contributed by atoms with E-state index in [1.807, 2.05) is 62.8 Å². The predicted octanol–water partition coefficient (Wildman–Crippen LogP) is 4.14. The summed E-state index contributed by atoms with van der Waals surface area (Å²) < 4.78 is 2.79. The van der Waals surface area contributed by atoms with Crippen LogP contribution < -0.4 is 5.32 Å². The maximum Gasteiger partial charge on any atom is 0.267 e. The van der Waals surface area contributed by atoms with E-state index in [1.165, 1.54) is 11.3 Å². The standard InChI is InChI=1S/C25H26N4O2S/c1-28-14-6-9-22(28)24(30)26-13-12-20(15-18-7-4-3-5-8-18)29(2)25(31)19-10-11-21-23(16-19)32-17-27-21/h3-11,14,16-17,20H,12-13,15H2,1-2H3,(H,26,30). The first-order valence-corrected chi connectivity index (χ1v) is 11.4. The number of hydrogen-bond donors (Lipinski definition) is 1. The normalized spacial score (nSPS) is 11.9. The number of rotatable bonds is 8. The van der Waals surface area contributed by atoms with Crippen LogP contribution in [-0.2, 0) is 13.5 Å². The third kappa shape index (κ3) is 4.89. The second-order valence-electron chi connectivity index (χ2n) is 7.84. The van der Waals surface area contributed by atoms with Gasteiger partial charge in [-0.1, -0.05) is 30.3 Å². The van der Waals surface area contributed by atoms with Crippen molar-refractivity contribution in [1.29, 1.82) is 0 Å². The molecular formula is C25H26N4O2S. The van der Waals surface area contributed by atoms with Gasteiger partial charge < -0.3 is 14.8 Å². The molecule has 0 aliphatic heterocycles. The molecule has 6 nitrogen and oxygen atoms in total. The Balaban J connectivity index is 1.48. The largest absolute Gasteiger partial charge is 0.351 e. The molecule has 0 bridgehead atoms. The average molecular weight is 447 g/mol. The van der Waals surface area contributed by atoms with Crippen LogP contribution in [0, 0.1) is 0 Å². The Morgan fingerprint density at radius 1 is 1.12 bits per heavy atom. The van der Waals surface area contributed by atoms with E-state index < -0.39 is 0 Å². The van der Waals surface area contributed by atoms with Crippen molar-refractivity contribution in [3.63, 3.8) is 0 Å². The summed E-state index contributed by atoms with van der Waals surface area (Å²) in [6.07, 6.45) is 3.21. The lowest BCUT2D eigenvalue weighted by Crippen LogP contribution is -2.41. The van der Waals surface area contributed by atoms with Crippen molar-refractivity contribution in [1.82, 2.24) is 19.8 Å². The van der Waals surface area contributed by atoms with Crippen molar-refractivity contribution >= 4 is 33.4 Å². The molecule has 0 aliphatic rings. The molecule has 4 rings (SSSR count). The highest BCUT2D eigenvalue weighted by Crippen LogP contribution is 2.21. The van der Waals surface area contributed by atoms with Crippen LogP contribution >= 0.6 is 11.3 Å². The number of nitrogens with one attached hydrogen (secondary N) is 1. The van der Waals surface area contributed by atoms with E-state index in [0.29, 0.717) is 30.6 Å². The average Bonchev–Trinajstić information content (AvgIpc) is 3.46. The first kappa shape index (κ1) is 21.8. The summed E-state index contributed by atoms with van der Waals surface area (Å²) >= 11 is 1.53. The number of nitrogens with zero attached hydrogens (tertiary/aromatic N) is 3. The first-order valence-electron chi connectivity index (χ1n) is 10.6. The van der Waals surface area contributed by atoms with E-state index in [4.69, 9.17) is 0 Å². The molecule has 0 saturated carbocycles. The Morgan fingerprint density at radius 2 is 1.94 bits per heavy atom. The predicted molar refractivity (Wildman–Crippen MR) is 128 cm³/mol. The third-order valence-electron chi connectivity index (χ3n) is 5.70. The highest BCUT2D eigenvalue weighted by atomic mass is 32.1. The van der Waals surface area contributed by atoms with Crippen LogP contribution in [0.2, 0.25) is 0 Å². The summed E-state index contributed by atoms with van der Waals surface area (Å²) in [7, 11) is 3.69. The molecule has 0 spiro atoms. The number of fused-ring (bicyclic) bond motifs is 1. The Labute approximate surface area is 191 Å². The van der Waals surface area contributed by atoms with Crippen molar-refractivity contribution in [2.45, 2.75) is 18.9 Å². The quantitative estimate of drug-likeness (QED) is 0.442. The number of aromatic nitrogens is 2. The summed E-state index contributed by atoms with van der Waals surface area (Å²) in [5.41, 5.74) is 5.11. The van der Waals surface area contributed by atoms with Crippen molar-refractivity contribution < 1.29 is 9.59 Å². The number of thiazole rings is 1. The molecule has 2 heterocycles. The number of benzene rings is 2. The monoisotopic (exact) mass is 446 g/mol. The minimum Gasteiger partial charge on any atom is -0.351 e. The van der Waals surface area contributed by atoms with Crippen LogP contribution in [0.3, 0.4) is 0 Å². The fourth-order valence-electron chi connectivity index (χ4n) is 3.82. The molecule has 2 amide bonds. The van der Waals surface area contributed by atoms with Crippen LogP contribution in [0.5, 0.6) is 0 Å². The van der Waals surface area contributed by atoms with E-state index in [2.05, 4.69) is 22.4 Å². The van der Waals surface area contributed by atoms with Crippen molar-refractivity contribution in [3.05, 3.63) is 89.2 Å². The number of aryl methyl sites for hydroxylation is 1. The molecule has 2 aromatic carbocycles. The van der Waals surface area contributed by atoms with Gasteiger partial charge in [-0.25, -0.2) is 4.98 Å². The van der Waals surface area contributed by atoms with Crippen molar-refractivity contribution in [3.8, 4) is 0 Å². The van der Waals surface area contributed by atoms with Crippen LogP contribution in [0.4, 0.5) is 0 Å². The summed E-state index contributed by atoms with van der Waals surface area (Å²) in [5.74, 6) is -0.143. The fourth-order valence-corrected chi connectivity index (χ4v) is 4.53. The molecule has 1 unspecified atom stereocenters. The zero-order valence-electron chi connectivity index (χ0n) is 18.2. The number of likely N-dealkylation sites (N-methyl/N-ethyl adjacent to an activating group) is 1. The molecule has 1 N–H and O–H groups in total. The third-order valence-corrected chi connectivity index (χ3v) is 6.49. The van der Waals surface area contributed by atoms with Crippen molar-refractivity contribution in [2.75, 3.05) is 13.6 Å². The van der Waals surface area contributed by atoms with Crippen molar-refractivity contribution in [2.24, 2.45) is 7.05 Å². The number of hydrogen-bond acceptors (Lipinski definition) is 4. The van der Waals surface area contributed by atoms with Crippen LogP contribution in [0.25, 0.3) is 10.2 Å². The minimum absolute atomic E-state index is 0.0324. The van der Waals surface area contributed by atoms with Gasteiger partial charge in [0.1, 0.15) is 5.69 Å². The van der Waals surface area contributed by atoms with Gasteiger partial charge in [-0.15, -0.1) is 11.3 Å². The van der Waals surface area contributed by atoms with Gasteiger partial charge in [-0.2, -0.15) is 0 Å². The van der Waals surface area contributed by atoms with E-state index in [9.17, 15) is 9.59 Å². The van der Waals surface area contributed by atoms with E-state index in [0.717, 1.165) is 15.8 Å². The smallest absolute Gasteiger partial charge is 0.267 e. The molecule has 2 aromatic heterocycles. The highest BCUT2D eigenvalue weighted by Gasteiger charge is 2.22.